The fourth-order valence-corrected chi connectivity index (χ4v) is 2.44. The van der Waals surface area contributed by atoms with Crippen LogP contribution in [-0.4, -0.2) is 34.9 Å². The van der Waals surface area contributed by atoms with Crippen LogP contribution in [0.15, 0.2) is 24.3 Å². The molecule has 8 heteroatoms. The maximum absolute atomic E-state index is 12.6. The zero-order valence-electron chi connectivity index (χ0n) is 12.2. The van der Waals surface area contributed by atoms with Crippen molar-refractivity contribution in [3.05, 3.63) is 39.9 Å². The van der Waals surface area contributed by atoms with Crippen molar-refractivity contribution in [1.82, 2.24) is 10.2 Å². The second-order valence-electron chi connectivity index (χ2n) is 5.32. The van der Waals surface area contributed by atoms with E-state index < -0.39 is 22.4 Å². The Morgan fingerprint density at radius 2 is 2.09 bits per heavy atom. The molecule has 1 aromatic rings. The van der Waals surface area contributed by atoms with Crippen molar-refractivity contribution in [2.45, 2.75) is 25.3 Å². The van der Waals surface area contributed by atoms with E-state index in [1.807, 2.05) is 0 Å². The average molecular weight is 306 g/mol. The smallest absolute Gasteiger partial charge is 0.325 e. The summed E-state index contributed by atoms with van der Waals surface area (Å²) in [7, 11) is 0. The maximum Gasteiger partial charge on any atom is 0.325 e. The number of nitrogens with one attached hydrogen (secondary N) is 1. The lowest BCUT2D eigenvalue weighted by Gasteiger charge is -2.22. The van der Waals surface area contributed by atoms with Crippen LogP contribution < -0.4 is 11.1 Å². The van der Waals surface area contributed by atoms with E-state index in [4.69, 9.17) is 5.73 Å². The number of nitro groups is 1. The number of amides is 3. The molecular weight excluding hydrogens is 288 g/mol. The van der Waals surface area contributed by atoms with Gasteiger partial charge in [-0.2, -0.15) is 0 Å². The average Bonchev–Trinajstić information content (AvgIpc) is 2.72. The number of carbonyl (C=O) groups is 2. The molecule has 1 aliphatic rings. The number of rotatable bonds is 6. The van der Waals surface area contributed by atoms with Gasteiger partial charge in [0.2, 0.25) is 0 Å². The van der Waals surface area contributed by atoms with E-state index in [-0.39, 0.29) is 12.2 Å². The zero-order chi connectivity index (χ0) is 16.3. The number of hydrogen-bond acceptors (Lipinski definition) is 5. The van der Waals surface area contributed by atoms with E-state index in [9.17, 15) is 19.7 Å². The second-order valence-corrected chi connectivity index (χ2v) is 5.32. The Kier molecular flexibility index (Phi) is 4.41. The van der Waals surface area contributed by atoms with Crippen molar-refractivity contribution in [2.75, 3.05) is 13.1 Å². The number of nitrogens with two attached hydrogens (primary N) is 1. The molecule has 1 heterocycles. The molecule has 0 spiro atoms. The van der Waals surface area contributed by atoms with Gasteiger partial charge in [-0.25, -0.2) is 4.79 Å². The molecule has 1 aliphatic heterocycles. The van der Waals surface area contributed by atoms with E-state index in [0.717, 1.165) is 4.90 Å². The topological polar surface area (TPSA) is 119 Å². The number of unbranched alkanes of at least 4 members (excludes halogenated alkanes) is 1. The Balaban J connectivity index is 2.27. The van der Waals surface area contributed by atoms with E-state index >= 15 is 0 Å². The molecule has 1 saturated heterocycles. The van der Waals surface area contributed by atoms with Crippen molar-refractivity contribution in [2.24, 2.45) is 5.73 Å². The van der Waals surface area contributed by atoms with Crippen LogP contribution in [0.2, 0.25) is 0 Å². The molecule has 0 aliphatic carbocycles. The summed E-state index contributed by atoms with van der Waals surface area (Å²) in [6.45, 7) is 2.33. The van der Waals surface area contributed by atoms with Gasteiger partial charge >= 0.3 is 6.03 Å². The molecule has 1 fully saturated rings. The molecule has 8 nitrogen and oxygen atoms in total. The second kappa shape index (κ2) is 6.10. The molecule has 0 radical (unpaired) electrons. The first-order chi connectivity index (χ1) is 10.4. The van der Waals surface area contributed by atoms with Crippen LogP contribution in [0.1, 0.15) is 25.3 Å². The van der Waals surface area contributed by atoms with Crippen LogP contribution in [0.4, 0.5) is 10.5 Å². The Labute approximate surface area is 127 Å². The van der Waals surface area contributed by atoms with Crippen LogP contribution in [0, 0.1) is 10.1 Å². The molecule has 0 bridgehead atoms. The summed E-state index contributed by atoms with van der Waals surface area (Å²) in [6, 6.07) is 5.24. The minimum absolute atomic E-state index is 0.123. The number of imide groups is 1. The Bertz CT molecular complexity index is 619. The number of non-ortho nitro benzene ring substituents is 1. The summed E-state index contributed by atoms with van der Waals surface area (Å²) in [4.78, 5) is 36.0. The van der Waals surface area contributed by atoms with Gasteiger partial charge in [0.25, 0.3) is 11.6 Å². The molecule has 0 aromatic heterocycles. The van der Waals surface area contributed by atoms with Crippen molar-refractivity contribution in [3.8, 4) is 0 Å². The molecule has 1 aromatic carbocycles. The van der Waals surface area contributed by atoms with E-state index in [1.165, 1.54) is 18.2 Å². The largest absolute Gasteiger partial charge is 0.330 e. The van der Waals surface area contributed by atoms with Gasteiger partial charge in [-0.05, 0) is 31.9 Å². The molecule has 1 atom stereocenters. The molecule has 2 rings (SSSR count). The third-order valence-corrected chi connectivity index (χ3v) is 3.75. The normalized spacial score (nSPS) is 21.1. The van der Waals surface area contributed by atoms with Crippen LogP contribution >= 0.6 is 0 Å². The lowest BCUT2D eigenvalue weighted by molar-refractivity contribution is -0.385. The molecular formula is C14H18N4O4. The van der Waals surface area contributed by atoms with Gasteiger partial charge in [-0.15, -0.1) is 0 Å². The predicted octanol–water partition coefficient (Wildman–Crippen LogP) is 1.10. The Morgan fingerprint density at radius 3 is 2.73 bits per heavy atom. The summed E-state index contributed by atoms with van der Waals surface area (Å²) in [6.07, 6.45) is 1.34. The van der Waals surface area contributed by atoms with Gasteiger partial charge in [0.1, 0.15) is 5.54 Å². The third kappa shape index (κ3) is 2.77. The monoisotopic (exact) mass is 306 g/mol. The highest BCUT2D eigenvalue weighted by Crippen LogP contribution is 2.30. The minimum Gasteiger partial charge on any atom is -0.330 e. The molecule has 3 N–H and O–H groups in total. The Hall–Kier alpha value is -2.48. The first-order valence-electron chi connectivity index (χ1n) is 6.99. The van der Waals surface area contributed by atoms with Gasteiger partial charge < -0.3 is 11.1 Å². The summed E-state index contributed by atoms with van der Waals surface area (Å²) >= 11 is 0. The number of urea groups is 1. The first kappa shape index (κ1) is 15.9. The van der Waals surface area contributed by atoms with Crippen LogP contribution in [0.3, 0.4) is 0 Å². The van der Waals surface area contributed by atoms with Crippen LogP contribution in [0.5, 0.6) is 0 Å². The van der Waals surface area contributed by atoms with Crippen LogP contribution in [-0.2, 0) is 10.3 Å². The van der Waals surface area contributed by atoms with Crippen LogP contribution in [0.25, 0.3) is 0 Å². The maximum atomic E-state index is 12.6. The number of carbonyl (C=O) groups excluding carboxylic acids is 2. The molecule has 1 unspecified atom stereocenters. The van der Waals surface area contributed by atoms with Crippen molar-refractivity contribution in [3.63, 3.8) is 0 Å². The van der Waals surface area contributed by atoms with Gasteiger partial charge in [0.15, 0.2) is 0 Å². The fourth-order valence-electron chi connectivity index (χ4n) is 2.44. The third-order valence-electron chi connectivity index (χ3n) is 3.75. The highest BCUT2D eigenvalue weighted by molar-refractivity contribution is 6.07. The number of benzene rings is 1. The van der Waals surface area contributed by atoms with E-state index in [1.54, 1.807) is 13.0 Å². The molecule has 0 saturated carbocycles. The fraction of sp³-hybridized carbons (Fsp3) is 0.429. The van der Waals surface area contributed by atoms with Crippen molar-refractivity contribution < 1.29 is 14.5 Å². The lowest BCUT2D eigenvalue weighted by Crippen LogP contribution is -2.41. The summed E-state index contributed by atoms with van der Waals surface area (Å²) in [5, 5.41) is 13.5. The SMILES string of the molecule is CC1(c2cccc([N+](=O)[O-])c2)NC(=O)N(CCCCN)C1=O. The van der Waals surface area contributed by atoms with Crippen molar-refractivity contribution >= 4 is 17.6 Å². The number of nitro benzene ring substituents is 1. The standard InChI is InChI=1S/C14H18N4O4/c1-14(10-5-4-6-11(9-10)18(21)22)12(19)17(13(20)16-14)8-3-2-7-15/h4-6,9H,2-3,7-8,15H2,1H3,(H,16,20). The number of hydrogen-bond donors (Lipinski definition) is 2. The highest BCUT2D eigenvalue weighted by Gasteiger charge is 2.48. The Morgan fingerprint density at radius 1 is 1.36 bits per heavy atom. The molecule has 3 amide bonds. The summed E-state index contributed by atoms with van der Waals surface area (Å²) in [5.74, 6) is -0.407. The zero-order valence-corrected chi connectivity index (χ0v) is 12.2. The highest BCUT2D eigenvalue weighted by atomic mass is 16.6. The van der Waals surface area contributed by atoms with Gasteiger partial charge in [-0.1, -0.05) is 12.1 Å². The summed E-state index contributed by atoms with van der Waals surface area (Å²) < 4.78 is 0. The molecule has 22 heavy (non-hydrogen) atoms. The van der Waals surface area contributed by atoms with Gasteiger partial charge in [-0.3, -0.25) is 19.8 Å². The van der Waals surface area contributed by atoms with E-state index in [2.05, 4.69) is 5.32 Å². The number of nitrogens with zero attached hydrogens (tertiary/aromatic N) is 2. The predicted molar refractivity (Wildman–Crippen MR) is 79.0 cm³/mol. The first-order valence-corrected chi connectivity index (χ1v) is 6.99. The minimum atomic E-state index is -1.29. The van der Waals surface area contributed by atoms with Crippen molar-refractivity contribution in [1.29, 1.82) is 0 Å². The summed E-state index contributed by atoms with van der Waals surface area (Å²) in [5.41, 5.74) is 4.39. The lowest BCUT2D eigenvalue weighted by atomic mass is 9.91. The molecule has 118 valence electrons. The van der Waals surface area contributed by atoms with Gasteiger partial charge in [0.05, 0.1) is 4.92 Å². The van der Waals surface area contributed by atoms with E-state index in [0.29, 0.717) is 24.9 Å². The van der Waals surface area contributed by atoms with Gasteiger partial charge in [0, 0.05) is 18.7 Å². The quantitative estimate of drug-likeness (QED) is 0.353.